The van der Waals surface area contributed by atoms with Gasteiger partial charge in [-0.25, -0.2) is 0 Å². The van der Waals surface area contributed by atoms with Crippen LogP contribution in [-0.4, -0.2) is 12.6 Å². The molecule has 72 heavy (non-hydrogen) atoms. The maximum Gasteiger partial charge on any atom is 0.305 e. The molecular weight excluding hydrogens is 873 g/mol. The Morgan fingerprint density at radius 1 is 0.236 bits per heavy atom. The molecule has 2 nitrogen and oxygen atoms in total. The van der Waals surface area contributed by atoms with Gasteiger partial charge in [0.05, 0.1) is 6.61 Å². The van der Waals surface area contributed by atoms with Gasteiger partial charge in [0.2, 0.25) is 0 Å². The molecule has 0 fully saturated rings. The maximum atomic E-state index is 12.1. The molecule has 0 aliphatic carbocycles. The summed E-state index contributed by atoms with van der Waals surface area (Å²) >= 11 is 0. The number of allylic oxidation sites excluding steroid dienone is 10. The number of hydrogen-bond donors (Lipinski definition) is 0. The first-order valence-electron chi connectivity index (χ1n) is 33.2. The fraction of sp³-hybridized carbons (Fsp3) is 0.843. The predicted molar refractivity (Wildman–Crippen MR) is 327 cm³/mol. The van der Waals surface area contributed by atoms with Crippen molar-refractivity contribution in [1.82, 2.24) is 0 Å². The smallest absolute Gasteiger partial charge is 0.305 e. The van der Waals surface area contributed by atoms with Crippen molar-refractivity contribution in [2.24, 2.45) is 0 Å². The Morgan fingerprint density at radius 2 is 0.431 bits per heavy atom. The Labute approximate surface area is 454 Å². The lowest BCUT2D eigenvalue weighted by Gasteiger charge is -2.05. The van der Waals surface area contributed by atoms with Gasteiger partial charge in [-0.1, -0.05) is 344 Å². The van der Waals surface area contributed by atoms with Crippen LogP contribution in [0.4, 0.5) is 0 Å². The molecule has 0 aliphatic heterocycles. The molecule has 0 aliphatic rings. The maximum absolute atomic E-state index is 12.1. The van der Waals surface area contributed by atoms with Gasteiger partial charge in [-0.15, -0.1) is 0 Å². The van der Waals surface area contributed by atoms with E-state index in [1.165, 1.54) is 308 Å². The zero-order chi connectivity index (χ0) is 51.7. The van der Waals surface area contributed by atoms with Gasteiger partial charge in [0.1, 0.15) is 0 Å². The van der Waals surface area contributed by atoms with E-state index in [2.05, 4.69) is 74.6 Å². The molecule has 0 aromatic rings. The van der Waals surface area contributed by atoms with Gasteiger partial charge >= 0.3 is 5.97 Å². The summed E-state index contributed by atoms with van der Waals surface area (Å²) in [6.45, 7) is 5.13. The lowest BCUT2D eigenvalue weighted by molar-refractivity contribution is -0.143. The van der Waals surface area contributed by atoms with E-state index in [9.17, 15) is 4.79 Å². The quantitative estimate of drug-likeness (QED) is 0.0345. The van der Waals surface area contributed by atoms with E-state index in [-0.39, 0.29) is 5.97 Å². The third-order valence-electron chi connectivity index (χ3n) is 15.1. The minimum absolute atomic E-state index is 0.000580. The van der Waals surface area contributed by atoms with Crippen LogP contribution in [0.2, 0.25) is 0 Å². The molecule has 0 rings (SSSR count). The SMILES string of the molecule is CCCCCC=CCC=CCC=CCC=CCCCCOC(=O)CCCCCCCCCCCCCCCCCCCCCCCCCCCCCCCCCCCCCCC=CCCCCCCCCC. The number of carbonyl (C=O) groups is 1. The van der Waals surface area contributed by atoms with E-state index >= 15 is 0 Å². The van der Waals surface area contributed by atoms with E-state index in [1.807, 2.05) is 0 Å². The van der Waals surface area contributed by atoms with Gasteiger partial charge in [-0.05, 0) is 83.5 Å². The van der Waals surface area contributed by atoms with Crippen LogP contribution in [0.5, 0.6) is 0 Å². The van der Waals surface area contributed by atoms with Crippen LogP contribution in [0.3, 0.4) is 0 Å². The highest BCUT2D eigenvalue weighted by Gasteiger charge is 2.03. The Balaban J connectivity index is 3.20. The van der Waals surface area contributed by atoms with Crippen molar-refractivity contribution >= 4 is 5.97 Å². The summed E-state index contributed by atoms with van der Waals surface area (Å²) in [4.78, 5) is 12.1. The highest BCUT2D eigenvalue weighted by molar-refractivity contribution is 5.69. The van der Waals surface area contributed by atoms with Crippen molar-refractivity contribution in [2.45, 2.75) is 373 Å². The standard InChI is InChI=1S/C70H130O2/c1-3-5-7-9-11-13-15-17-19-21-23-24-25-26-27-28-29-30-31-32-33-34-35-36-37-38-39-40-41-42-43-44-45-46-47-48-49-50-51-52-54-56-58-60-62-64-66-68-70(71)72-69-67-65-63-61-59-57-55-53-22-20-18-16-14-12-10-8-6-4-2/h12,14,18-21,53,55,59,61H,3-11,13,15-17,22-52,54,56-58,60,62-69H2,1-2H3. The molecule has 0 N–H and O–H groups in total. The summed E-state index contributed by atoms with van der Waals surface area (Å²) in [5, 5.41) is 0. The number of ether oxygens (including phenoxy) is 1. The van der Waals surface area contributed by atoms with Crippen LogP contribution >= 0.6 is 0 Å². The Morgan fingerprint density at radius 3 is 0.722 bits per heavy atom. The Kier molecular flexibility index (Phi) is 65.5. The van der Waals surface area contributed by atoms with Crippen LogP contribution in [0, 0.1) is 0 Å². The average Bonchev–Trinajstić information content (AvgIpc) is 3.39. The first kappa shape index (κ1) is 70.2. The second-order valence-corrected chi connectivity index (χ2v) is 22.5. The molecule has 0 spiro atoms. The summed E-state index contributed by atoms with van der Waals surface area (Å²) in [6, 6.07) is 0. The molecule has 0 saturated heterocycles. The highest BCUT2D eigenvalue weighted by atomic mass is 16.5. The van der Waals surface area contributed by atoms with Crippen LogP contribution in [-0.2, 0) is 9.53 Å². The zero-order valence-corrected chi connectivity index (χ0v) is 49.4. The number of hydrogen-bond acceptors (Lipinski definition) is 2. The highest BCUT2D eigenvalue weighted by Crippen LogP contribution is 2.18. The lowest BCUT2D eigenvalue weighted by Crippen LogP contribution is -2.05. The summed E-state index contributed by atoms with van der Waals surface area (Å²) in [5.74, 6) is -0.000580. The van der Waals surface area contributed by atoms with Crippen LogP contribution in [0.15, 0.2) is 60.8 Å². The van der Waals surface area contributed by atoms with E-state index < -0.39 is 0 Å². The minimum Gasteiger partial charge on any atom is -0.466 e. The van der Waals surface area contributed by atoms with Crippen molar-refractivity contribution in [3.05, 3.63) is 60.8 Å². The number of esters is 1. The van der Waals surface area contributed by atoms with E-state index in [4.69, 9.17) is 4.74 Å². The molecule has 0 heterocycles. The first-order valence-corrected chi connectivity index (χ1v) is 33.2. The topological polar surface area (TPSA) is 26.3 Å². The third-order valence-corrected chi connectivity index (χ3v) is 15.1. The van der Waals surface area contributed by atoms with Gasteiger partial charge in [0.25, 0.3) is 0 Å². The zero-order valence-electron chi connectivity index (χ0n) is 49.4. The second-order valence-electron chi connectivity index (χ2n) is 22.5. The normalized spacial score (nSPS) is 12.2. The number of unbranched alkanes of at least 4 members (excludes halogenated alkanes) is 48. The van der Waals surface area contributed by atoms with Gasteiger partial charge < -0.3 is 4.74 Å². The molecule has 0 saturated carbocycles. The summed E-state index contributed by atoms with van der Waals surface area (Å²) in [5.41, 5.74) is 0. The van der Waals surface area contributed by atoms with Crippen molar-refractivity contribution in [1.29, 1.82) is 0 Å². The first-order chi connectivity index (χ1) is 35.8. The average molecular weight is 1000 g/mol. The largest absolute Gasteiger partial charge is 0.466 e. The fourth-order valence-corrected chi connectivity index (χ4v) is 10.2. The Bertz CT molecular complexity index is 1140. The van der Waals surface area contributed by atoms with Crippen LogP contribution in [0.1, 0.15) is 373 Å². The Hall–Kier alpha value is -1.83. The molecule has 0 amide bonds. The van der Waals surface area contributed by atoms with Crippen molar-refractivity contribution in [3.63, 3.8) is 0 Å². The van der Waals surface area contributed by atoms with Crippen LogP contribution < -0.4 is 0 Å². The fourth-order valence-electron chi connectivity index (χ4n) is 10.2. The number of rotatable bonds is 62. The van der Waals surface area contributed by atoms with Crippen molar-refractivity contribution < 1.29 is 9.53 Å². The lowest BCUT2D eigenvalue weighted by atomic mass is 10.0. The predicted octanol–water partition coefficient (Wildman–Crippen LogP) is 25.2. The molecule has 0 radical (unpaired) electrons. The second kappa shape index (κ2) is 67.2. The molecule has 422 valence electrons. The molecule has 2 heteroatoms. The molecule has 0 bridgehead atoms. The van der Waals surface area contributed by atoms with Crippen LogP contribution in [0.25, 0.3) is 0 Å². The molecule has 0 unspecified atom stereocenters. The van der Waals surface area contributed by atoms with Gasteiger partial charge in [-0.2, -0.15) is 0 Å². The number of carbonyl (C=O) groups excluding carboxylic acids is 1. The summed E-state index contributed by atoms with van der Waals surface area (Å²) < 4.78 is 5.47. The summed E-state index contributed by atoms with van der Waals surface area (Å²) in [6.07, 6.45) is 99.0. The van der Waals surface area contributed by atoms with E-state index in [0.29, 0.717) is 13.0 Å². The van der Waals surface area contributed by atoms with Crippen molar-refractivity contribution in [2.75, 3.05) is 6.61 Å². The monoisotopic (exact) mass is 1000 g/mol. The molecular formula is C70H130O2. The summed E-state index contributed by atoms with van der Waals surface area (Å²) in [7, 11) is 0. The van der Waals surface area contributed by atoms with E-state index in [0.717, 1.165) is 44.9 Å². The van der Waals surface area contributed by atoms with Gasteiger partial charge in [-0.3, -0.25) is 4.79 Å². The van der Waals surface area contributed by atoms with Gasteiger partial charge in [0, 0.05) is 6.42 Å². The minimum atomic E-state index is -0.000580. The third kappa shape index (κ3) is 66.2. The molecule has 0 atom stereocenters. The van der Waals surface area contributed by atoms with Gasteiger partial charge in [0.15, 0.2) is 0 Å². The molecule has 0 aromatic carbocycles. The molecule has 0 aromatic heterocycles. The van der Waals surface area contributed by atoms with E-state index in [1.54, 1.807) is 0 Å². The van der Waals surface area contributed by atoms with Crippen molar-refractivity contribution in [3.8, 4) is 0 Å².